The standard InChI is InChI=1S/C13H17ClN2O2S2/c14-10-4-3-7-12(8-10)20(17,18)16(9-13(15)19)11-5-1-2-6-11/h3-4,7-8,11H,1-2,5-6,9H2,(H2,15,19). The summed E-state index contributed by atoms with van der Waals surface area (Å²) < 4.78 is 26.9. The summed E-state index contributed by atoms with van der Waals surface area (Å²) in [5.41, 5.74) is 5.56. The fourth-order valence-electron chi connectivity index (χ4n) is 2.52. The van der Waals surface area contributed by atoms with Crippen LogP contribution in [0.1, 0.15) is 25.7 Å². The molecule has 0 radical (unpaired) electrons. The highest BCUT2D eigenvalue weighted by Gasteiger charge is 2.33. The number of thiocarbonyl (C=S) groups is 1. The Balaban J connectivity index is 2.37. The Kier molecular flexibility index (Phi) is 5.01. The summed E-state index contributed by atoms with van der Waals surface area (Å²) >= 11 is 10.8. The Morgan fingerprint density at radius 3 is 2.60 bits per heavy atom. The Labute approximate surface area is 130 Å². The van der Waals surface area contributed by atoms with Crippen LogP contribution in [0.2, 0.25) is 5.02 Å². The monoisotopic (exact) mass is 332 g/mol. The fraction of sp³-hybridized carbons (Fsp3) is 0.462. The summed E-state index contributed by atoms with van der Waals surface area (Å²) in [6.07, 6.45) is 3.76. The zero-order valence-corrected chi connectivity index (χ0v) is 13.3. The van der Waals surface area contributed by atoms with Gasteiger partial charge in [-0.25, -0.2) is 8.42 Å². The molecule has 0 aromatic heterocycles. The van der Waals surface area contributed by atoms with E-state index in [-0.39, 0.29) is 22.5 Å². The third-order valence-corrected chi connectivity index (χ3v) is 5.70. The van der Waals surface area contributed by atoms with E-state index in [0.717, 1.165) is 25.7 Å². The number of benzene rings is 1. The summed E-state index contributed by atoms with van der Waals surface area (Å²) in [5, 5.41) is 0.396. The molecule has 1 aliphatic rings. The van der Waals surface area contributed by atoms with Gasteiger partial charge in [0.15, 0.2) is 0 Å². The van der Waals surface area contributed by atoms with Crippen molar-refractivity contribution in [2.24, 2.45) is 5.73 Å². The van der Waals surface area contributed by atoms with E-state index in [1.165, 1.54) is 10.4 Å². The molecule has 7 heteroatoms. The van der Waals surface area contributed by atoms with Crippen molar-refractivity contribution in [2.45, 2.75) is 36.6 Å². The van der Waals surface area contributed by atoms with E-state index in [0.29, 0.717) is 5.02 Å². The third-order valence-electron chi connectivity index (χ3n) is 3.45. The van der Waals surface area contributed by atoms with Gasteiger partial charge in [-0.2, -0.15) is 4.31 Å². The molecular formula is C13H17ClN2O2S2. The van der Waals surface area contributed by atoms with Gasteiger partial charge in [0.2, 0.25) is 10.0 Å². The van der Waals surface area contributed by atoms with Crippen molar-refractivity contribution >= 4 is 38.8 Å². The van der Waals surface area contributed by atoms with E-state index < -0.39 is 10.0 Å². The molecule has 0 heterocycles. The second kappa shape index (κ2) is 6.39. The number of hydrogen-bond donors (Lipinski definition) is 1. The lowest BCUT2D eigenvalue weighted by molar-refractivity contribution is 0.355. The van der Waals surface area contributed by atoms with Crippen LogP contribution in [0.25, 0.3) is 0 Å². The smallest absolute Gasteiger partial charge is 0.243 e. The van der Waals surface area contributed by atoms with Gasteiger partial charge in [-0.15, -0.1) is 0 Å². The van der Waals surface area contributed by atoms with E-state index in [1.807, 2.05) is 0 Å². The van der Waals surface area contributed by atoms with Crippen LogP contribution >= 0.6 is 23.8 Å². The molecule has 0 unspecified atom stereocenters. The zero-order valence-electron chi connectivity index (χ0n) is 11.0. The number of nitrogens with two attached hydrogens (primary N) is 1. The fourth-order valence-corrected chi connectivity index (χ4v) is 4.70. The molecule has 0 atom stereocenters. The van der Waals surface area contributed by atoms with Crippen molar-refractivity contribution < 1.29 is 8.42 Å². The van der Waals surface area contributed by atoms with E-state index in [1.54, 1.807) is 18.2 Å². The predicted octanol–water partition coefficient (Wildman–Crippen LogP) is 2.56. The zero-order chi connectivity index (χ0) is 14.8. The lowest BCUT2D eigenvalue weighted by Crippen LogP contribution is -2.43. The Hall–Kier alpha value is -0.690. The van der Waals surface area contributed by atoms with Gasteiger partial charge in [0.1, 0.15) is 0 Å². The molecule has 1 fully saturated rings. The van der Waals surface area contributed by atoms with E-state index in [9.17, 15) is 8.42 Å². The SMILES string of the molecule is NC(=S)CN(C1CCCC1)S(=O)(=O)c1cccc(Cl)c1. The van der Waals surface area contributed by atoms with Crippen molar-refractivity contribution in [3.8, 4) is 0 Å². The second-order valence-electron chi connectivity index (χ2n) is 4.91. The first-order chi connectivity index (χ1) is 9.41. The van der Waals surface area contributed by atoms with Crippen LogP contribution in [0.4, 0.5) is 0 Å². The predicted molar refractivity (Wildman–Crippen MR) is 84.4 cm³/mol. The molecule has 2 rings (SSSR count). The molecule has 0 spiro atoms. The van der Waals surface area contributed by atoms with Crippen LogP contribution in [-0.2, 0) is 10.0 Å². The maximum Gasteiger partial charge on any atom is 0.243 e. The number of nitrogens with zero attached hydrogens (tertiary/aromatic N) is 1. The van der Waals surface area contributed by atoms with Gasteiger partial charge in [-0.05, 0) is 31.0 Å². The quantitative estimate of drug-likeness (QED) is 0.842. The topological polar surface area (TPSA) is 63.4 Å². The lowest BCUT2D eigenvalue weighted by Gasteiger charge is -2.27. The third kappa shape index (κ3) is 3.49. The summed E-state index contributed by atoms with van der Waals surface area (Å²) in [6.45, 7) is 0.0782. The van der Waals surface area contributed by atoms with Crippen molar-refractivity contribution in [3.63, 3.8) is 0 Å². The van der Waals surface area contributed by atoms with Gasteiger partial charge in [-0.1, -0.05) is 42.7 Å². The molecule has 1 saturated carbocycles. The van der Waals surface area contributed by atoms with Gasteiger partial charge in [-0.3, -0.25) is 0 Å². The Morgan fingerprint density at radius 2 is 2.05 bits per heavy atom. The average molecular weight is 333 g/mol. The molecule has 0 amide bonds. The highest BCUT2D eigenvalue weighted by Crippen LogP contribution is 2.29. The molecule has 1 aliphatic carbocycles. The van der Waals surface area contributed by atoms with Gasteiger partial charge in [0.05, 0.1) is 16.4 Å². The molecule has 2 N–H and O–H groups in total. The maximum atomic E-state index is 12.8. The summed E-state index contributed by atoms with van der Waals surface area (Å²) in [7, 11) is -3.62. The van der Waals surface area contributed by atoms with Crippen molar-refractivity contribution in [3.05, 3.63) is 29.3 Å². The first-order valence-electron chi connectivity index (χ1n) is 6.47. The molecular weight excluding hydrogens is 316 g/mol. The molecule has 0 bridgehead atoms. The molecule has 4 nitrogen and oxygen atoms in total. The largest absolute Gasteiger partial charge is 0.392 e. The second-order valence-corrected chi connectivity index (χ2v) is 7.76. The van der Waals surface area contributed by atoms with Crippen LogP contribution in [0.5, 0.6) is 0 Å². The van der Waals surface area contributed by atoms with Crippen LogP contribution < -0.4 is 5.73 Å². The normalized spacial score (nSPS) is 16.7. The minimum atomic E-state index is -3.62. The van der Waals surface area contributed by atoms with Crippen molar-refractivity contribution in [1.29, 1.82) is 0 Å². The maximum absolute atomic E-state index is 12.8. The number of sulfonamides is 1. The summed E-state index contributed by atoms with van der Waals surface area (Å²) in [5.74, 6) is 0. The molecule has 0 aliphatic heterocycles. The Morgan fingerprint density at radius 1 is 1.40 bits per heavy atom. The summed E-state index contributed by atoms with van der Waals surface area (Å²) in [6, 6.07) is 6.25. The highest BCUT2D eigenvalue weighted by molar-refractivity contribution is 7.89. The number of rotatable bonds is 5. The highest BCUT2D eigenvalue weighted by atomic mass is 35.5. The van der Waals surface area contributed by atoms with Crippen molar-refractivity contribution in [1.82, 2.24) is 4.31 Å². The van der Waals surface area contributed by atoms with E-state index in [4.69, 9.17) is 29.6 Å². The average Bonchev–Trinajstić information content (AvgIpc) is 2.89. The first kappa shape index (κ1) is 15.7. The molecule has 1 aromatic rings. The van der Waals surface area contributed by atoms with Gasteiger partial charge >= 0.3 is 0 Å². The first-order valence-corrected chi connectivity index (χ1v) is 8.69. The van der Waals surface area contributed by atoms with Gasteiger partial charge < -0.3 is 5.73 Å². The molecule has 110 valence electrons. The number of hydrogen-bond acceptors (Lipinski definition) is 3. The van der Waals surface area contributed by atoms with Gasteiger partial charge in [0, 0.05) is 11.1 Å². The lowest BCUT2D eigenvalue weighted by atomic mass is 10.2. The van der Waals surface area contributed by atoms with Crippen LogP contribution in [0.3, 0.4) is 0 Å². The molecule has 0 saturated heterocycles. The minimum Gasteiger partial charge on any atom is -0.392 e. The Bertz CT molecular complexity index is 598. The van der Waals surface area contributed by atoms with Crippen LogP contribution in [0.15, 0.2) is 29.2 Å². The minimum absolute atomic E-state index is 0.0273. The van der Waals surface area contributed by atoms with E-state index >= 15 is 0 Å². The van der Waals surface area contributed by atoms with Crippen LogP contribution in [0, 0.1) is 0 Å². The summed E-state index contributed by atoms with van der Waals surface area (Å²) in [4.78, 5) is 0.371. The van der Waals surface area contributed by atoms with Crippen molar-refractivity contribution in [2.75, 3.05) is 6.54 Å². The van der Waals surface area contributed by atoms with Crippen LogP contribution in [-0.4, -0.2) is 30.3 Å². The number of halogens is 1. The molecule has 1 aromatic carbocycles. The molecule has 20 heavy (non-hydrogen) atoms. The van der Waals surface area contributed by atoms with E-state index in [2.05, 4.69) is 0 Å². The van der Waals surface area contributed by atoms with Gasteiger partial charge in [0.25, 0.3) is 0 Å².